The van der Waals surface area contributed by atoms with E-state index in [9.17, 15) is 30.6 Å². The SMILES string of the molecule is CCOC(C)Oc1c(C)cc(C(c2ccc(-c3ccc(-c4ccc(C(c5cc(C)c(O)c(C)c5C)c5cc(C)c(O)c(C)c5C)cc4)cc3)cc2)c2cc(C)c(O)c(C)c2C)c(C)c1C.Cc1cc(C(c2ccc(-c3ccc(-c4ccc(C(c5cc(C)c(O)c(C)c5C)c5cc(C)c(OC(C)OC6CCCCC6)c(C)c5C)cc4)cc3)cc2)c2cc(C)c(O)c(C)c2C)c(C)c(C)c1O. The van der Waals surface area contributed by atoms with Gasteiger partial charge in [0.25, 0.3) is 0 Å². The normalized spacial score (nSPS) is 13.3. The molecule has 1 aliphatic rings. The summed E-state index contributed by atoms with van der Waals surface area (Å²) in [5.74, 6) is 3.53. The first-order chi connectivity index (χ1) is 63.7. The molecule has 0 heterocycles. The fourth-order valence-electron chi connectivity index (χ4n) is 20.9. The van der Waals surface area contributed by atoms with Crippen molar-refractivity contribution in [3.8, 4) is 90.5 Å². The van der Waals surface area contributed by atoms with Gasteiger partial charge in [-0.3, -0.25) is 0 Å². The number of hydrogen-bond acceptors (Lipinski definition) is 10. The molecule has 0 aliphatic heterocycles. The molecule has 0 spiro atoms. The zero-order chi connectivity index (χ0) is 96.8. The van der Waals surface area contributed by atoms with Gasteiger partial charge in [0.2, 0.25) is 0 Å². The molecule has 14 aromatic rings. The highest BCUT2D eigenvalue weighted by Gasteiger charge is 2.33. The van der Waals surface area contributed by atoms with Crippen LogP contribution in [0.15, 0.2) is 194 Å². The highest BCUT2D eigenvalue weighted by molar-refractivity contribution is 5.75. The third kappa shape index (κ3) is 19.3. The lowest BCUT2D eigenvalue weighted by molar-refractivity contribution is -0.117. The number of hydrogen-bond donors (Lipinski definition) is 6. The zero-order valence-electron chi connectivity index (χ0n) is 84.1. The summed E-state index contributed by atoms with van der Waals surface area (Å²) in [5.41, 5.74) is 46.9. The molecule has 1 saturated carbocycles. The molecule has 4 atom stereocenters. The Morgan fingerprint density at radius 3 is 0.612 bits per heavy atom. The number of phenolic OH excluding ortho intramolecular Hbond substituents is 6. The Hall–Kier alpha value is -12.6. The summed E-state index contributed by atoms with van der Waals surface area (Å²) in [4.78, 5) is 0. The third-order valence-electron chi connectivity index (χ3n) is 30.2. The molecule has 0 amide bonds. The number of phenols is 6. The number of ether oxygens (including phenoxy) is 4. The molecule has 1 fully saturated rings. The van der Waals surface area contributed by atoms with Gasteiger partial charge in [-0.1, -0.05) is 213 Å². The standard InChI is InChI=1S/C64H72O5.C60H66O5/c1-35-31-55(39(5)43(9)61(35)65)59(56-32-36(2)62(66)44(10)40(56)6)52-27-23-50(24-28-52)48-19-21-49(22-20-48)51-25-29-53(30-26-51)60(57-33-37(3)63(67)45(11)41(57)7)58-34-38(4)64(46(12)42(58)8)69-47(13)68-54-17-15-14-16-18-54;1-15-64-44(14)65-60-35(5)31-54(39(9)43(60)13)56(53-30-34(4)59(63)42(12)38(53)8)50-26-22-48(23-27-50)46-18-16-45(17-19-46)47-20-24-49(25-21-47)55(51-28-32(2)57(61)40(10)36(51)6)52-29-33(3)58(62)41(11)37(52)7/h19-34,47,54,59-60,65-67H,14-18H2,1-13H3;16-31,44,55-56,61-63H,15H2,1-14H3. The smallest absolute Gasteiger partial charge is 0.197 e. The topological polar surface area (TPSA) is 158 Å². The van der Waals surface area contributed by atoms with Crippen LogP contribution in [0.4, 0.5) is 0 Å². The lowest BCUT2D eigenvalue weighted by atomic mass is 9.78. The van der Waals surface area contributed by atoms with E-state index in [1.54, 1.807) is 0 Å². The quantitative estimate of drug-likeness (QED) is 0.0254. The van der Waals surface area contributed by atoms with E-state index >= 15 is 0 Å². The largest absolute Gasteiger partial charge is 0.507 e. The highest BCUT2D eigenvalue weighted by Crippen LogP contribution is 2.50. The molecule has 1 aliphatic carbocycles. The zero-order valence-corrected chi connectivity index (χ0v) is 84.1. The van der Waals surface area contributed by atoms with Crippen LogP contribution in [-0.2, 0) is 9.47 Å². The Morgan fingerprint density at radius 2 is 0.410 bits per heavy atom. The van der Waals surface area contributed by atoms with Crippen molar-refractivity contribution in [3.63, 3.8) is 0 Å². The first kappa shape index (κ1) is 97.4. The molecule has 694 valence electrons. The van der Waals surface area contributed by atoms with E-state index in [0.717, 1.165) is 225 Å². The Balaban J connectivity index is 0.000000215. The molecule has 4 unspecified atom stereocenters. The number of aromatic hydroxyl groups is 6. The average molecular weight is 1790 g/mol. The summed E-state index contributed by atoms with van der Waals surface area (Å²) < 4.78 is 25.1. The summed E-state index contributed by atoms with van der Waals surface area (Å²) >= 11 is 0. The minimum absolute atomic E-state index is 0.0682. The van der Waals surface area contributed by atoms with Crippen LogP contribution < -0.4 is 9.47 Å². The van der Waals surface area contributed by atoms with Crippen molar-refractivity contribution in [2.24, 2.45) is 0 Å². The molecule has 6 N–H and O–H groups in total. The maximum absolute atomic E-state index is 11.0. The van der Waals surface area contributed by atoms with E-state index in [-0.39, 0.29) is 42.4 Å². The Morgan fingerprint density at radius 1 is 0.231 bits per heavy atom. The molecule has 10 nitrogen and oxygen atoms in total. The van der Waals surface area contributed by atoms with Crippen LogP contribution in [0.3, 0.4) is 0 Å². The third-order valence-corrected chi connectivity index (χ3v) is 30.2. The van der Waals surface area contributed by atoms with Gasteiger partial charge >= 0.3 is 0 Å². The predicted octanol–water partition coefficient (Wildman–Crippen LogP) is 31.2. The molecule has 0 aromatic heterocycles. The van der Waals surface area contributed by atoms with Gasteiger partial charge < -0.3 is 49.6 Å². The van der Waals surface area contributed by atoms with Crippen LogP contribution in [0.1, 0.15) is 277 Å². The predicted molar refractivity (Wildman–Crippen MR) is 553 cm³/mol. The van der Waals surface area contributed by atoms with E-state index in [4.69, 9.17) is 18.9 Å². The van der Waals surface area contributed by atoms with Crippen LogP contribution in [0, 0.1) is 166 Å². The van der Waals surface area contributed by atoms with Crippen molar-refractivity contribution in [3.05, 3.63) is 394 Å². The minimum atomic E-state index is -0.352. The number of aryl methyl sites for hydroxylation is 8. The summed E-state index contributed by atoms with van der Waals surface area (Å²) in [6.07, 6.45) is 5.51. The van der Waals surface area contributed by atoms with Crippen molar-refractivity contribution in [1.82, 2.24) is 0 Å². The van der Waals surface area contributed by atoms with Crippen LogP contribution in [0.5, 0.6) is 46.0 Å². The number of benzene rings is 14. The van der Waals surface area contributed by atoms with E-state index in [1.807, 2.05) is 104 Å². The van der Waals surface area contributed by atoms with Gasteiger partial charge in [0.15, 0.2) is 12.6 Å². The lowest BCUT2D eigenvalue weighted by Gasteiger charge is -2.29. The Kier molecular flexibility index (Phi) is 29.3. The summed E-state index contributed by atoms with van der Waals surface area (Å²) in [7, 11) is 0. The van der Waals surface area contributed by atoms with Crippen LogP contribution in [0.25, 0.3) is 44.5 Å². The van der Waals surface area contributed by atoms with Crippen molar-refractivity contribution in [2.45, 2.75) is 261 Å². The molecule has 15 rings (SSSR count). The molecule has 134 heavy (non-hydrogen) atoms. The van der Waals surface area contributed by atoms with Gasteiger partial charge in [-0.15, -0.1) is 0 Å². The Labute approximate surface area is 797 Å². The summed E-state index contributed by atoms with van der Waals surface area (Å²) in [5, 5.41) is 65.4. The van der Waals surface area contributed by atoms with Gasteiger partial charge in [0.05, 0.1) is 6.10 Å². The van der Waals surface area contributed by atoms with E-state index in [0.29, 0.717) is 41.1 Å². The van der Waals surface area contributed by atoms with E-state index in [2.05, 4.69) is 277 Å². The molecular weight excluding hydrogens is 1650 g/mol. The maximum atomic E-state index is 11.0. The van der Waals surface area contributed by atoms with Crippen LogP contribution in [-0.4, -0.2) is 55.9 Å². The van der Waals surface area contributed by atoms with Gasteiger partial charge in [-0.25, -0.2) is 0 Å². The molecule has 0 bridgehead atoms. The minimum Gasteiger partial charge on any atom is -0.507 e. The molecule has 0 radical (unpaired) electrons. The molecule has 0 saturated heterocycles. The van der Waals surface area contributed by atoms with Crippen LogP contribution >= 0.6 is 0 Å². The average Bonchev–Trinajstić information content (AvgIpc) is 0.771. The van der Waals surface area contributed by atoms with Crippen molar-refractivity contribution in [1.29, 1.82) is 0 Å². The summed E-state index contributed by atoms with van der Waals surface area (Å²) in [6.45, 7) is 55.9. The Bertz CT molecular complexity index is 6610. The second kappa shape index (κ2) is 40.3. The molecule has 14 aromatic carbocycles. The van der Waals surface area contributed by atoms with Crippen molar-refractivity contribution in [2.75, 3.05) is 6.61 Å². The molecular formula is C124H138O10. The first-order valence-corrected chi connectivity index (χ1v) is 47.9. The monoisotopic (exact) mass is 1790 g/mol. The second-order valence-electron chi connectivity index (χ2n) is 38.6. The van der Waals surface area contributed by atoms with Crippen molar-refractivity contribution >= 4 is 0 Å². The maximum Gasteiger partial charge on any atom is 0.197 e. The fourth-order valence-corrected chi connectivity index (χ4v) is 20.9. The first-order valence-electron chi connectivity index (χ1n) is 47.9. The van der Waals surface area contributed by atoms with Crippen LogP contribution in [0.2, 0.25) is 0 Å². The number of rotatable bonds is 24. The van der Waals surface area contributed by atoms with Gasteiger partial charge in [0.1, 0.15) is 46.0 Å². The van der Waals surface area contributed by atoms with Gasteiger partial charge in [-0.2, -0.15) is 0 Å². The summed E-state index contributed by atoms with van der Waals surface area (Å²) in [6, 6.07) is 70.7. The highest BCUT2D eigenvalue weighted by atomic mass is 16.7. The van der Waals surface area contributed by atoms with Gasteiger partial charge in [0, 0.05) is 30.3 Å². The van der Waals surface area contributed by atoms with E-state index < -0.39 is 0 Å². The van der Waals surface area contributed by atoms with Crippen molar-refractivity contribution < 1.29 is 49.6 Å². The second-order valence-corrected chi connectivity index (χ2v) is 38.6. The fraction of sp³-hybridized carbons (Fsp3) is 0.323. The van der Waals surface area contributed by atoms with E-state index in [1.165, 1.54) is 63.8 Å². The van der Waals surface area contributed by atoms with Gasteiger partial charge in [-0.05, 0) is 445 Å². The molecule has 10 heteroatoms. The lowest BCUT2D eigenvalue weighted by Crippen LogP contribution is -2.26.